The maximum absolute atomic E-state index is 10.9. The van der Waals surface area contributed by atoms with Crippen molar-refractivity contribution in [3.05, 3.63) is 70.2 Å². The van der Waals surface area contributed by atoms with E-state index in [1.54, 1.807) is 0 Å². The van der Waals surface area contributed by atoms with Crippen LogP contribution in [0.5, 0.6) is 0 Å². The predicted octanol–water partition coefficient (Wildman–Crippen LogP) is 3.24. The lowest BCUT2D eigenvalue weighted by Crippen LogP contribution is -2.49. The van der Waals surface area contributed by atoms with Crippen molar-refractivity contribution < 1.29 is 9.90 Å². The summed E-state index contributed by atoms with van der Waals surface area (Å²) in [6.07, 6.45) is 0. The Kier molecular flexibility index (Phi) is 5.66. The zero-order chi connectivity index (χ0) is 16.9. The summed E-state index contributed by atoms with van der Waals surface area (Å²) in [7, 11) is 0. The Labute approximate surface area is 150 Å². The molecule has 1 saturated heterocycles. The fraction of sp³-hybridized carbons (Fsp3) is 0.316. The number of rotatable bonds is 5. The molecule has 3 rings (SSSR count). The second-order valence-corrected chi connectivity index (χ2v) is 6.89. The summed E-state index contributed by atoms with van der Waals surface area (Å²) in [6, 6.07) is 19.0. The average molecular weight is 389 g/mol. The van der Waals surface area contributed by atoms with Crippen LogP contribution in [0.1, 0.15) is 17.2 Å². The third kappa shape index (κ3) is 4.04. The minimum Gasteiger partial charge on any atom is -0.480 e. The van der Waals surface area contributed by atoms with Gasteiger partial charge in [0.25, 0.3) is 0 Å². The van der Waals surface area contributed by atoms with E-state index in [4.69, 9.17) is 5.11 Å². The van der Waals surface area contributed by atoms with Crippen LogP contribution >= 0.6 is 15.9 Å². The number of carboxylic acids is 1. The van der Waals surface area contributed by atoms with Gasteiger partial charge in [0.05, 0.1) is 12.6 Å². The fourth-order valence-electron chi connectivity index (χ4n) is 3.29. The maximum Gasteiger partial charge on any atom is 0.317 e. The van der Waals surface area contributed by atoms with Gasteiger partial charge in [0, 0.05) is 30.7 Å². The molecule has 0 spiro atoms. The molecule has 1 atom stereocenters. The van der Waals surface area contributed by atoms with Gasteiger partial charge in [-0.2, -0.15) is 0 Å². The predicted molar refractivity (Wildman–Crippen MR) is 98.1 cm³/mol. The van der Waals surface area contributed by atoms with Crippen molar-refractivity contribution in [2.24, 2.45) is 0 Å². The number of hydrogen-bond donors (Lipinski definition) is 1. The average Bonchev–Trinajstić information content (AvgIpc) is 2.59. The van der Waals surface area contributed by atoms with Crippen LogP contribution in [0.15, 0.2) is 59.1 Å². The van der Waals surface area contributed by atoms with Gasteiger partial charge in [-0.15, -0.1) is 0 Å². The Morgan fingerprint density at radius 1 is 1.00 bits per heavy atom. The van der Waals surface area contributed by atoms with Crippen LogP contribution in [0.4, 0.5) is 0 Å². The molecule has 0 amide bonds. The van der Waals surface area contributed by atoms with Crippen LogP contribution < -0.4 is 0 Å². The van der Waals surface area contributed by atoms with Gasteiger partial charge in [-0.1, -0.05) is 64.5 Å². The van der Waals surface area contributed by atoms with Crippen molar-refractivity contribution >= 4 is 21.9 Å². The summed E-state index contributed by atoms with van der Waals surface area (Å²) in [6.45, 7) is 3.39. The SMILES string of the molecule is O=C(O)CN1CCN(C(c2ccccc2)c2ccccc2Br)CC1. The van der Waals surface area contributed by atoms with Gasteiger partial charge in [0.1, 0.15) is 0 Å². The first kappa shape index (κ1) is 17.1. The lowest BCUT2D eigenvalue weighted by molar-refractivity contribution is -0.138. The van der Waals surface area contributed by atoms with Crippen LogP contribution in [0, 0.1) is 0 Å². The third-order valence-corrected chi connectivity index (χ3v) is 5.17. The summed E-state index contributed by atoms with van der Waals surface area (Å²) in [5.74, 6) is -0.756. The Morgan fingerprint density at radius 2 is 1.62 bits per heavy atom. The van der Waals surface area contributed by atoms with E-state index in [0.717, 1.165) is 30.7 Å². The molecule has 1 aliphatic heterocycles. The molecule has 1 unspecified atom stereocenters. The third-order valence-electron chi connectivity index (χ3n) is 4.45. The molecular formula is C19H21BrN2O2. The molecule has 1 heterocycles. The van der Waals surface area contributed by atoms with Crippen molar-refractivity contribution in [3.63, 3.8) is 0 Å². The summed E-state index contributed by atoms with van der Waals surface area (Å²) in [4.78, 5) is 15.3. The van der Waals surface area contributed by atoms with E-state index in [1.807, 2.05) is 17.0 Å². The molecule has 2 aromatic carbocycles. The summed E-state index contributed by atoms with van der Waals surface area (Å²) < 4.78 is 1.10. The molecule has 24 heavy (non-hydrogen) atoms. The molecule has 0 bridgehead atoms. The highest BCUT2D eigenvalue weighted by atomic mass is 79.9. The first-order valence-corrected chi connectivity index (χ1v) is 8.92. The smallest absolute Gasteiger partial charge is 0.317 e. The fourth-order valence-corrected chi connectivity index (χ4v) is 3.79. The van der Waals surface area contributed by atoms with E-state index >= 15 is 0 Å². The number of halogens is 1. The zero-order valence-corrected chi connectivity index (χ0v) is 15.0. The Balaban J connectivity index is 1.84. The second kappa shape index (κ2) is 7.92. The number of carbonyl (C=O) groups is 1. The van der Waals surface area contributed by atoms with Crippen LogP contribution in [0.3, 0.4) is 0 Å². The lowest BCUT2D eigenvalue weighted by Gasteiger charge is -2.39. The summed E-state index contributed by atoms with van der Waals surface area (Å²) >= 11 is 3.69. The van der Waals surface area contributed by atoms with Gasteiger partial charge in [0.15, 0.2) is 0 Å². The Morgan fingerprint density at radius 3 is 2.25 bits per heavy atom. The summed E-state index contributed by atoms with van der Waals surface area (Å²) in [5, 5.41) is 8.97. The second-order valence-electron chi connectivity index (χ2n) is 6.04. The molecule has 4 nitrogen and oxygen atoms in total. The summed E-state index contributed by atoms with van der Waals surface area (Å²) in [5.41, 5.74) is 2.51. The normalized spacial score (nSPS) is 17.5. The quantitative estimate of drug-likeness (QED) is 0.853. The molecule has 1 N–H and O–H groups in total. The molecule has 0 aromatic heterocycles. The number of carboxylic acid groups (broad SMARTS) is 1. The lowest BCUT2D eigenvalue weighted by atomic mass is 9.96. The van der Waals surface area contributed by atoms with E-state index in [2.05, 4.69) is 63.3 Å². The number of hydrogen-bond acceptors (Lipinski definition) is 3. The van der Waals surface area contributed by atoms with E-state index in [9.17, 15) is 4.79 Å². The molecule has 5 heteroatoms. The van der Waals surface area contributed by atoms with Gasteiger partial charge in [0.2, 0.25) is 0 Å². The number of benzene rings is 2. The highest BCUT2D eigenvalue weighted by molar-refractivity contribution is 9.10. The minimum atomic E-state index is -0.756. The van der Waals surface area contributed by atoms with E-state index in [0.29, 0.717) is 0 Å². The Hall–Kier alpha value is -1.69. The van der Waals surface area contributed by atoms with Crippen molar-refractivity contribution in [2.75, 3.05) is 32.7 Å². The number of piperazine rings is 1. The van der Waals surface area contributed by atoms with Crippen molar-refractivity contribution in [1.29, 1.82) is 0 Å². The molecule has 1 aliphatic rings. The van der Waals surface area contributed by atoms with Gasteiger partial charge in [-0.3, -0.25) is 14.6 Å². The highest BCUT2D eigenvalue weighted by Gasteiger charge is 2.27. The minimum absolute atomic E-state index is 0.124. The molecule has 126 valence electrons. The largest absolute Gasteiger partial charge is 0.480 e. The van der Waals surface area contributed by atoms with Crippen LogP contribution in [-0.4, -0.2) is 53.6 Å². The zero-order valence-electron chi connectivity index (χ0n) is 13.4. The van der Waals surface area contributed by atoms with E-state index in [-0.39, 0.29) is 12.6 Å². The van der Waals surface area contributed by atoms with Crippen LogP contribution in [-0.2, 0) is 4.79 Å². The van der Waals surface area contributed by atoms with Crippen LogP contribution in [0.25, 0.3) is 0 Å². The first-order chi connectivity index (χ1) is 11.6. The molecule has 0 aliphatic carbocycles. The Bertz CT molecular complexity index is 685. The highest BCUT2D eigenvalue weighted by Crippen LogP contribution is 2.33. The van der Waals surface area contributed by atoms with Crippen molar-refractivity contribution in [3.8, 4) is 0 Å². The monoisotopic (exact) mass is 388 g/mol. The molecule has 0 saturated carbocycles. The number of nitrogens with zero attached hydrogens (tertiary/aromatic N) is 2. The van der Waals surface area contributed by atoms with E-state index < -0.39 is 5.97 Å². The van der Waals surface area contributed by atoms with Crippen molar-refractivity contribution in [2.45, 2.75) is 6.04 Å². The van der Waals surface area contributed by atoms with Crippen LogP contribution in [0.2, 0.25) is 0 Å². The van der Waals surface area contributed by atoms with Gasteiger partial charge in [-0.25, -0.2) is 0 Å². The maximum atomic E-state index is 10.9. The van der Waals surface area contributed by atoms with Gasteiger partial charge in [-0.05, 0) is 17.2 Å². The first-order valence-electron chi connectivity index (χ1n) is 8.12. The molecular weight excluding hydrogens is 368 g/mol. The van der Waals surface area contributed by atoms with E-state index in [1.165, 1.54) is 11.1 Å². The van der Waals surface area contributed by atoms with Gasteiger partial charge < -0.3 is 5.11 Å². The standard InChI is InChI=1S/C19H21BrN2O2/c20-17-9-5-4-8-16(17)19(15-6-2-1-3-7-15)22-12-10-21(11-13-22)14-18(23)24/h1-9,19H,10-14H2,(H,23,24). The number of aliphatic carboxylic acids is 1. The molecule has 0 radical (unpaired) electrons. The van der Waals surface area contributed by atoms with Gasteiger partial charge >= 0.3 is 5.97 Å². The molecule has 2 aromatic rings. The molecule has 1 fully saturated rings. The topological polar surface area (TPSA) is 43.8 Å². The van der Waals surface area contributed by atoms with Crippen molar-refractivity contribution in [1.82, 2.24) is 9.80 Å².